The van der Waals surface area contributed by atoms with Crippen LogP contribution in [0.15, 0.2) is 0 Å². The molecule has 1 fully saturated rings. The first-order valence-electron chi connectivity index (χ1n) is 2.84. The number of carbonyl (C=O) groups excluding carboxylic acids is 1. The molecule has 0 bridgehead atoms. The third-order valence-corrected chi connectivity index (χ3v) is 1.56. The van der Waals surface area contributed by atoms with Crippen LogP contribution in [0.1, 0.15) is 12.8 Å². The molecule has 3 nitrogen and oxygen atoms in total. The number of carbonyl (C=O) groups is 1. The number of hydrogen-bond donors (Lipinski definition) is 1. The fourth-order valence-corrected chi connectivity index (χ4v) is 0.736. The summed E-state index contributed by atoms with van der Waals surface area (Å²) < 4.78 is 23.8. The molecule has 0 aromatic heterocycles. The molecule has 0 aliphatic heterocycles. The summed E-state index contributed by atoms with van der Waals surface area (Å²) in [6.07, 6.45) is -3.83. The van der Waals surface area contributed by atoms with Crippen molar-refractivity contribution in [1.29, 1.82) is 0 Å². The summed E-state index contributed by atoms with van der Waals surface area (Å²) in [5, 5.41) is 11.5. The maximum absolute atomic E-state index is 11.9. The molecule has 1 N–H and O–H groups in total. The van der Waals surface area contributed by atoms with Crippen LogP contribution in [0.5, 0.6) is 0 Å². The van der Waals surface area contributed by atoms with Crippen molar-refractivity contribution >= 4 is 6.09 Å². The molecular weight excluding hydrogens is 144 g/mol. The summed E-state index contributed by atoms with van der Waals surface area (Å²) in [6.45, 7) is 0. The predicted octanol–water partition coefficient (Wildman–Crippen LogP) is 0.924. The van der Waals surface area contributed by atoms with Crippen molar-refractivity contribution in [3.63, 3.8) is 0 Å². The van der Waals surface area contributed by atoms with Gasteiger partial charge in [0, 0.05) is 0 Å². The van der Waals surface area contributed by atoms with Gasteiger partial charge in [0.2, 0.25) is 0 Å². The molecule has 1 rings (SSSR count). The minimum absolute atomic E-state index is 0.207. The van der Waals surface area contributed by atoms with Crippen molar-refractivity contribution in [2.75, 3.05) is 0 Å². The average molecular weight is 150 g/mol. The third kappa shape index (κ3) is 1.17. The fraction of sp³-hybridized carbons (Fsp3) is 0.800. The monoisotopic (exact) mass is 150 g/mol. The van der Waals surface area contributed by atoms with Gasteiger partial charge in [-0.15, -0.1) is 0 Å². The van der Waals surface area contributed by atoms with Crippen LogP contribution >= 0.6 is 0 Å². The maximum atomic E-state index is 11.9. The van der Waals surface area contributed by atoms with Crippen LogP contribution < -0.4 is 5.32 Å². The van der Waals surface area contributed by atoms with Gasteiger partial charge in [0.25, 0.3) is 6.43 Å². The van der Waals surface area contributed by atoms with Crippen molar-refractivity contribution in [3.05, 3.63) is 0 Å². The second kappa shape index (κ2) is 2.07. The summed E-state index contributed by atoms with van der Waals surface area (Å²) in [5.74, 6) is 0. The van der Waals surface area contributed by atoms with Crippen molar-refractivity contribution in [3.8, 4) is 0 Å². The Hall–Kier alpha value is -0.870. The van der Waals surface area contributed by atoms with Gasteiger partial charge in [0.1, 0.15) is 5.54 Å². The van der Waals surface area contributed by atoms with Crippen LogP contribution in [0.2, 0.25) is 0 Å². The van der Waals surface area contributed by atoms with E-state index in [4.69, 9.17) is 0 Å². The molecule has 1 amide bonds. The van der Waals surface area contributed by atoms with E-state index in [0.717, 1.165) is 0 Å². The first-order valence-corrected chi connectivity index (χ1v) is 2.84. The molecule has 10 heavy (non-hydrogen) atoms. The zero-order chi connectivity index (χ0) is 7.78. The summed E-state index contributed by atoms with van der Waals surface area (Å²) in [7, 11) is 0. The number of hydrogen-bond acceptors (Lipinski definition) is 1. The van der Waals surface area contributed by atoms with Gasteiger partial charge in [0.15, 0.2) is 0 Å². The van der Waals surface area contributed by atoms with Gasteiger partial charge in [-0.2, -0.15) is 0 Å². The molecule has 1 aliphatic carbocycles. The normalized spacial score (nSPS) is 20.7. The summed E-state index contributed by atoms with van der Waals surface area (Å²) >= 11 is 0. The zero-order valence-corrected chi connectivity index (χ0v) is 5.06. The molecule has 57 valence electrons. The first kappa shape index (κ1) is 7.24. The van der Waals surface area contributed by atoms with Gasteiger partial charge in [-0.05, 0) is 12.8 Å². The summed E-state index contributed by atoms with van der Waals surface area (Å²) in [4.78, 5) is 9.80. The van der Waals surface area contributed by atoms with E-state index >= 15 is 0 Å². The molecular formula is C5H6F2NO2. The molecule has 1 radical (unpaired) electrons. The number of alkyl halides is 2. The van der Waals surface area contributed by atoms with Gasteiger partial charge in [-0.25, -0.2) is 18.7 Å². The molecule has 0 saturated heterocycles. The van der Waals surface area contributed by atoms with E-state index in [1.807, 2.05) is 0 Å². The minimum atomic E-state index is -2.62. The van der Waals surface area contributed by atoms with Gasteiger partial charge < -0.3 is 5.32 Å². The predicted molar refractivity (Wildman–Crippen MR) is 27.2 cm³/mol. The van der Waals surface area contributed by atoms with Gasteiger partial charge >= 0.3 is 6.09 Å². The van der Waals surface area contributed by atoms with Gasteiger partial charge in [-0.3, -0.25) is 0 Å². The van der Waals surface area contributed by atoms with Gasteiger partial charge in [-0.1, -0.05) is 0 Å². The van der Waals surface area contributed by atoms with E-state index < -0.39 is 18.1 Å². The largest absolute Gasteiger partial charge is 0.451 e. The standard InChI is InChI=1S/C5H6F2NO2/c6-3(7)5(1-2-5)8-4(9)10/h3,8H,1-2H2. The highest BCUT2D eigenvalue weighted by Gasteiger charge is 2.52. The Morgan fingerprint density at radius 3 is 2.10 bits per heavy atom. The highest BCUT2D eigenvalue weighted by atomic mass is 19.3. The lowest BCUT2D eigenvalue weighted by molar-refractivity contribution is 0.0782. The smallest absolute Gasteiger partial charge is 0.307 e. The Kier molecular flexibility index (Phi) is 1.50. The van der Waals surface area contributed by atoms with E-state index in [0.29, 0.717) is 0 Å². The van der Waals surface area contributed by atoms with Crippen LogP contribution in [0.4, 0.5) is 13.6 Å². The molecule has 0 aromatic carbocycles. The lowest BCUT2D eigenvalue weighted by Crippen LogP contribution is -2.40. The van der Waals surface area contributed by atoms with Crippen LogP contribution in [-0.2, 0) is 5.11 Å². The Balaban J connectivity index is 2.45. The number of halogens is 2. The first-order chi connectivity index (χ1) is 4.57. The van der Waals surface area contributed by atoms with E-state index in [1.165, 1.54) is 0 Å². The molecule has 0 aromatic rings. The van der Waals surface area contributed by atoms with E-state index in [-0.39, 0.29) is 12.8 Å². The van der Waals surface area contributed by atoms with E-state index in [9.17, 15) is 18.7 Å². The highest BCUT2D eigenvalue weighted by Crippen LogP contribution is 2.40. The van der Waals surface area contributed by atoms with E-state index in [1.54, 1.807) is 5.32 Å². The number of rotatable bonds is 2. The minimum Gasteiger partial charge on any atom is -0.307 e. The molecule has 1 aliphatic rings. The summed E-state index contributed by atoms with van der Waals surface area (Å²) in [6, 6.07) is 0. The zero-order valence-electron chi connectivity index (χ0n) is 5.06. The fourth-order valence-electron chi connectivity index (χ4n) is 0.736. The second-order valence-corrected chi connectivity index (χ2v) is 2.37. The molecule has 5 heteroatoms. The Labute approximate surface area is 56.0 Å². The maximum Gasteiger partial charge on any atom is 0.451 e. The Morgan fingerprint density at radius 2 is 2.00 bits per heavy atom. The van der Waals surface area contributed by atoms with Crippen LogP contribution in [0.25, 0.3) is 0 Å². The molecule has 0 spiro atoms. The van der Waals surface area contributed by atoms with Crippen molar-refractivity contribution in [2.24, 2.45) is 0 Å². The van der Waals surface area contributed by atoms with Crippen LogP contribution in [-0.4, -0.2) is 18.1 Å². The number of nitrogens with one attached hydrogen (secondary N) is 1. The highest BCUT2D eigenvalue weighted by molar-refractivity contribution is 5.66. The number of amides is 1. The molecule has 0 unspecified atom stereocenters. The van der Waals surface area contributed by atoms with Crippen LogP contribution in [0.3, 0.4) is 0 Å². The second-order valence-electron chi connectivity index (χ2n) is 2.37. The third-order valence-electron chi connectivity index (χ3n) is 1.56. The molecule has 1 saturated carbocycles. The van der Waals surface area contributed by atoms with E-state index in [2.05, 4.69) is 0 Å². The van der Waals surface area contributed by atoms with Crippen LogP contribution in [0, 0.1) is 0 Å². The lowest BCUT2D eigenvalue weighted by Gasteiger charge is -2.11. The average Bonchev–Trinajstić information content (AvgIpc) is 2.46. The van der Waals surface area contributed by atoms with Gasteiger partial charge in [0.05, 0.1) is 0 Å². The quantitative estimate of drug-likeness (QED) is 0.625. The summed E-state index contributed by atoms with van der Waals surface area (Å²) in [5.41, 5.74) is -1.47. The SMILES string of the molecule is [O]C(=O)NC1(C(F)F)CC1. The topological polar surface area (TPSA) is 49.0 Å². The van der Waals surface area contributed by atoms with Crippen molar-refractivity contribution in [1.82, 2.24) is 5.32 Å². The Bertz CT molecular complexity index is 156. The lowest BCUT2D eigenvalue weighted by atomic mass is 10.3. The van der Waals surface area contributed by atoms with Crippen molar-refractivity contribution < 1.29 is 18.7 Å². The van der Waals surface area contributed by atoms with Crippen molar-refractivity contribution in [2.45, 2.75) is 24.8 Å². The Morgan fingerprint density at radius 1 is 1.50 bits per heavy atom. The molecule has 0 heterocycles. The molecule has 0 atom stereocenters.